The minimum atomic E-state index is -0.273. The number of nitrogens with zero attached hydrogens (tertiary/aromatic N) is 2. The predicted molar refractivity (Wildman–Crippen MR) is 56.3 cm³/mol. The zero-order valence-corrected chi connectivity index (χ0v) is 8.23. The highest BCUT2D eigenvalue weighted by Crippen LogP contribution is 2.14. The largest absolute Gasteiger partial charge is 0.330 e. The Morgan fingerprint density at radius 3 is 2.87 bits per heavy atom. The summed E-state index contributed by atoms with van der Waals surface area (Å²) < 4.78 is 15.1. The molecule has 78 valence electrons. The summed E-state index contributed by atoms with van der Waals surface area (Å²) in [6.45, 7) is 0.528. The van der Waals surface area contributed by atoms with Crippen molar-refractivity contribution in [3.05, 3.63) is 48.0 Å². The lowest BCUT2D eigenvalue weighted by molar-refractivity contribution is 0.608. The minimum absolute atomic E-state index is 0.273. The molecular weight excluding hydrogens is 193 g/mol. The SMILES string of the molecule is NCCc1ccc(-n2cccn2)c(F)c1. The van der Waals surface area contributed by atoms with Crippen LogP contribution in [-0.2, 0) is 6.42 Å². The van der Waals surface area contributed by atoms with Crippen molar-refractivity contribution < 1.29 is 4.39 Å². The molecule has 0 aliphatic carbocycles. The summed E-state index contributed by atoms with van der Waals surface area (Å²) >= 11 is 0. The van der Waals surface area contributed by atoms with E-state index in [2.05, 4.69) is 5.10 Å². The normalized spacial score (nSPS) is 10.5. The summed E-state index contributed by atoms with van der Waals surface area (Å²) in [7, 11) is 0. The average Bonchev–Trinajstić information content (AvgIpc) is 2.71. The van der Waals surface area contributed by atoms with Crippen LogP contribution in [0.1, 0.15) is 5.56 Å². The number of rotatable bonds is 3. The molecule has 3 nitrogen and oxygen atoms in total. The van der Waals surface area contributed by atoms with Gasteiger partial charge in [-0.15, -0.1) is 0 Å². The van der Waals surface area contributed by atoms with Crippen molar-refractivity contribution in [2.45, 2.75) is 6.42 Å². The van der Waals surface area contributed by atoms with E-state index in [1.54, 1.807) is 24.5 Å². The third kappa shape index (κ3) is 2.05. The lowest BCUT2D eigenvalue weighted by Crippen LogP contribution is -2.04. The van der Waals surface area contributed by atoms with Gasteiger partial charge in [0.1, 0.15) is 11.5 Å². The molecule has 0 bridgehead atoms. The molecule has 0 saturated heterocycles. The Bertz CT molecular complexity index is 437. The molecule has 4 heteroatoms. The summed E-state index contributed by atoms with van der Waals surface area (Å²) in [6, 6.07) is 6.84. The Kier molecular flexibility index (Phi) is 2.78. The maximum atomic E-state index is 13.6. The Morgan fingerprint density at radius 2 is 2.27 bits per heavy atom. The molecule has 1 aromatic heterocycles. The van der Waals surface area contributed by atoms with Crippen molar-refractivity contribution in [1.82, 2.24) is 9.78 Å². The first-order valence-corrected chi connectivity index (χ1v) is 4.80. The van der Waals surface area contributed by atoms with Crippen LogP contribution >= 0.6 is 0 Å². The Labute approximate surface area is 87.3 Å². The van der Waals surface area contributed by atoms with Gasteiger partial charge in [0, 0.05) is 12.4 Å². The average molecular weight is 205 g/mol. The zero-order valence-electron chi connectivity index (χ0n) is 8.23. The first-order chi connectivity index (χ1) is 7.31. The molecule has 0 spiro atoms. The molecule has 1 aromatic carbocycles. The standard InChI is InChI=1S/C11H12FN3/c12-10-8-9(4-5-13)2-3-11(10)15-7-1-6-14-15/h1-3,6-8H,4-5,13H2. The maximum Gasteiger partial charge on any atom is 0.149 e. The van der Waals surface area contributed by atoms with Crippen LogP contribution in [0.4, 0.5) is 4.39 Å². The first-order valence-electron chi connectivity index (χ1n) is 4.80. The van der Waals surface area contributed by atoms with Crippen LogP contribution in [0.2, 0.25) is 0 Å². The van der Waals surface area contributed by atoms with Gasteiger partial charge >= 0.3 is 0 Å². The summed E-state index contributed by atoms with van der Waals surface area (Å²) in [6.07, 6.45) is 4.02. The van der Waals surface area contributed by atoms with Gasteiger partial charge in [0.15, 0.2) is 0 Å². The Hall–Kier alpha value is -1.68. The molecule has 2 N–H and O–H groups in total. The van der Waals surface area contributed by atoms with Crippen molar-refractivity contribution in [3.63, 3.8) is 0 Å². The molecule has 0 amide bonds. The molecule has 0 atom stereocenters. The fourth-order valence-electron chi connectivity index (χ4n) is 1.47. The van der Waals surface area contributed by atoms with Gasteiger partial charge in [0.2, 0.25) is 0 Å². The topological polar surface area (TPSA) is 43.8 Å². The monoisotopic (exact) mass is 205 g/mol. The number of hydrogen-bond acceptors (Lipinski definition) is 2. The van der Waals surface area contributed by atoms with E-state index in [4.69, 9.17) is 5.73 Å². The van der Waals surface area contributed by atoms with Crippen LogP contribution < -0.4 is 5.73 Å². The number of halogens is 1. The second-order valence-corrected chi connectivity index (χ2v) is 3.28. The highest BCUT2D eigenvalue weighted by atomic mass is 19.1. The van der Waals surface area contributed by atoms with Crippen molar-refractivity contribution in [2.75, 3.05) is 6.54 Å². The molecular formula is C11H12FN3. The first kappa shape index (κ1) is 9.86. The zero-order chi connectivity index (χ0) is 10.7. The number of hydrogen-bond donors (Lipinski definition) is 1. The van der Waals surface area contributed by atoms with Gasteiger partial charge in [-0.25, -0.2) is 9.07 Å². The molecule has 2 aromatic rings. The van der Waals surface area contributed by atoms with Gasteiger partial charge in [-0.1, -0.05) is 6.07 Å². The van der Waals surface area contributed by atoms with E-state index >= 15 is 0 Å². The van der Waals surface area contributed by atoms with Gasteiger partial charge in [-0.3, -0.25) is 0 Å². The third-order valence-electron chi connectivity index (χ3n) is 2.20. The molecule has 2 rings (SSSR count). The smallest absolute Gasteiger partial charge is 0.149 e. The molecule has 1 heterocycles. The van der Waals surface area contributed by atoms with Crippen molar-refractivity contribution in [2.24, 2.45) is 5.73 Å². The van der Waals surface area contributed by atoms with Crippen LogP contribution in [0.3, 0.4) is 0 Å². The van der Waals surface area contributed by atoms with Crippen LogP contribution in [0.25, 0.3) is 5.69 Å². The summed E-state index contributed by atoms with van der Waals surface area (Å²) in [4.78, 5) is 0. The van der Waals surface area contributed by atoms with E-state index < -0.39 is 0 Å². The lowest BCUT2D eigenvalue weighted by Gasteiger charge is -2.05. The summed E-state index contributed by atoms with van der Waals surface area (Å²) in [5.74, 6) is -0.273. The van der Waals surface area contributed by atoms with E-state index in [1.165, 1.54) is 10.7 Å². The highest BCUT2D eigenvalue weighted by molar-refractivity contribution is 5.35. The molecule has 0 aliphatic rings. The number of nitrogens with two attached hydrogens (primary N) is 1. The fraction of sp³-hybridized carbons (Fsp3) is 0.182. The van der Waals surface area contributed by atoms with E-state index in [0.29, 0.717) is 18.7 Å². The molecule has 0 aliphatic heterocycles. The second-order valence-electron chi connectivity index (χ2n) is 3.28. The van der Waals surface area contributed by atoms with E-state index in [9.17, 15) is 4.39 Å². The summed E-state index contributed by atoms with van der Waals surface area (Å²) in [5, 5.41) is 3.97. The quantitative estimate of drug-likeness (QED) is 0.825. The second kappa shape index (κ2) is 4.23. The van der Waals surface area contributed by atoms with Gasteiger partial charge in [-0.2, -0.15) is 5.10 Å². The van der Waals surface area contributed by atoms with Crippen LogP contribution in [0.5, 0.6) is 0 Å². The molecule has 0 unspecified atom stereocenters. The Morgan fingerprint density at radius 1 is 1.40 bits per heavy atom. The van der Waals surface area contributed by atoms with Crippen LogP contribution in [0.15, 0.2) is 36.7 Å². The fourth-order valence-corrected chi connectivity index (χ4v) is 1.47. The van der Waals surface area contributed by atoms with Gasteiger partial charge in [0.05, 0.1) is 0 Å². The van der Waals surface area contributed by atoms with Gasteiger partial charge in [0.25, 0.3) is 0 Å². The maximum absolute atomic E-state index is 13.6. The van der Waals surface area contributed by atoms with Gasteiger partial charge < -0.3 is 5.73 Å². The lowest BCUT2D eigenvalue weighted by atomic mass is 10.1. The van der Waals surface area contributed by atoms with E-state index in [-0.39, 0.29) is 5.82 Å². The van der Waals surface area contributed by atoms with Crippen molar-refractivity contribution in [1.29, 1.82) is 0 Å². The molecule has 0 fully saturated rings. The molecule has 15 heavy (non-hydrogen) atoms. The number of benzene rings is 1. The molecule has 0 radical (unpaired) electrons. The highest BCUT2D eigenvalue weighted by Gasteiger charge is 2.05. The van der Waals surface area contributed by atoms with Crippen LogP contribution in [0, 0.1) is 5.82 Å². The van der Waals surface area contributed by atoms with Crippen LogP contribution in [-0.4, -0.2) is 16.3 Å². The molecule has 0 saturated carbocycles. The van der Waals surface area contributed by atoms with Crippen molar-refractivity contribution in [3.8, 4) is 5.69 Å². The van der Waals surface area contributed by atoms with Crippen molar-refractivity contribution >= 4 is 0 Å². The predicted octanol–water partition coefficient (Wildman–Crippen LogP) is 1.51. The Balaban J connectivity index is 2.35. The minimum Gasteiger partial charge on any atom is -0.330 e. The van der Waals surface area contributed by atoms with E-state index in [1.807, 2.05) is 6.07 Å². The van der Waals surface area contributed by atoms with E-state index in [0.717, 1.165) is 5.56 Å². The third-order valence-corrected chi connectivity index (χ3v) is 2.20. The van der Waals surface area contributed by atoms with Gasteiger partial charge in [-0.05, 0) is 36.7 Å². The number of aromatic nitrogens is 2. The summed E-state index contributed by atoms with van der Waals surface area (Å²) in [5.41, 5.74) is 6.77.